The standard InChI is InChI=1S/C14H14FN3O4/c1-7(13-8(2)17-22-9(13)3)14(19)16-11-5-4-10(15)6-12(11)18(20)21/h4-7H,1-3H3,(H,16,19)/t7-/m1/s1. The van der Waals surface area contributed by atoms with Gasteiger partial charge in [0.1, 0.15) is 17.3 Å². The van der Waals surface area contributed by atoms with Crippen molar-refractivity contribution < 1.29 is 18.6 Å². The Labute approximate surface area is 125 Å². The van der Waals surface area contributed by atoms with E-state index in [4.69, 9.17) is 4.52 Å². The van der Waals surface area contributed by atoms with Gasteiger partial charge >= 0.3 is 0 Å². The van der Waals surface area contributed by atoms with E-state index >= 15 is 0 Å². The number of anilines is 1. The fourth-order valence-corrected chi connectivity index (χ4v) is 2.24. The lowest BCUT2D eigenvalue weighted by atomic mass is 9.98. The predicted molar refractivity (Wildman–Crippen MR) is 76.1 cm³/mol. The molecule has 0 bridgehead atoms. The summed E-state index contributed by atoms with van der Waals surface area (Å²) >= 11 is 0. The van der Waals surface area contributed by atoms with Crippen LogP contribution < -0.4 is 5.32 Å². The van der Waals surface area contributed by atoms with Crippen LogP contribution >= 0.6 is 0 Å². The summed E-state index contributed by atoms with van der Waals surface area (Å²) in [4.78, 5) is 22.5. The molecule has 0 radical (unpaired) electrons. The Morgan fingerprint density at radius 1 is 1.45 bits per heavy atom. The Morgan fingerprint density at radius 2 is 2.14 bits per heavy atom. The molecule has 2 rings (SSSR count). The van der Waals surface area contributed by atoms with Crippen LogP contribution in [0, 0.1) is 29.8 Å². The van der Waals surface area contributed by atoms with Crippen molar-refractivity contribution in [2.24, 2.45) is 0 Å². The van der Waals surface area contributed by atoms with Gasteiger partial charge in [-0.15, -0.1) is 0 Å². The maximum atomic E-state index is 13.1. The number of amides is 1. The molecule has 1 N–H and O–H groups in total. The highest BCUT2D eigenvalue weighted by molar-refractivity contribution is 5.97. The van der Waals surface area contributed by atoms with Crippen LogP contribution in [0.2, 0.25) is 0 Å². The van der Waals surface area contributed by atoms with Crippen LogP contribution in [0.3, 0.4) is 0 Å². The van der Waals surface area contributed by atoms with Gasteiger partial charge in [0.05, 0.1) is 22.6 Å². The van der Waals surface area contributed by atoms with E-state index in [1.807, 2.05) is 0 Å². The normalized spacial score (nSPS) is 12.0. The number of aromatic nitrogens is 1. The molecule has 1 aromatic heterocycles. The minimum atomic E-state index is -0.751. The molecular weight excluding hydrogens is 293 g/mol. The van der Waals surface area contributed by atoms with Crippen molar-refractivity contribution in [2.45, 2.75) is 26.7 Å². The summed E-state index contributed by atoms with van der Waals surface area (Å²) in [7, 11) is 0. The van der Waals surface area contributed by atoms with E-state index in [1.165, 1.54) is 0 Å². The lowest BCUT2D eigenvalue weighted by molar-refractivity contribution is -0.384. The molecule has 0 saturated heterocycles. The number of aryl methyl sites for hydroxylation is 2. The molecule has 1 amide bonds. The minimum Gasteiger partial charge on any atom is -0.361 e. The molecule has 8 heteroatoms. The number of hydrogen-bond donors (Lipinski definition) is 1. The van der Waals surface area contributed by atoms with Gasteiger partial charge in [-0.3, -0.25) is 14.9 Å². The fraction of sp³-hybridized carbons (Fsp3) is 0.286. The summed E-state index contributed by atoms with van der Waals surface area (Å²) in [6.07, 6.45) is 0. The maximum absolute atomic E-state index is 13.1. The van der Waals surface area contributed by atoms with Crippen molar-refractivity contribution in [1.82, 2.24) is 5.16 Å². The van der Waals surface area contributed by atoms with Gasteiger partial charge in [-0.25, -0.2) is 4.39 Å². The fourth-order valence-electron chi connectivity index (χ4n) is 2.24. The van der Waals surface area contributed by atoms with Crippen molar-refractivity contribution in [3.05, 3.63) is 51.1 Å². The van der Waals surface area contributed by atoms with Gasteiger partial charge in [0.2, 0.25) is 5.91 Å². The van der Waals surface area contributed by atoms with Gasteiger partial charge in [-0.2, -0.15) is 0 Å². The van der Waals surface area contributed by atoms with Crippen LogP contribution in [-0.2, 0) is 4.79 Å². The van der Waals surface area contributed by atoms with E-state index in [-0.39, 0.29) is 5.69 Å². The molecule has 7 nitrogen and oxygen atoms in total. The molecule has 0 unspecified atom stereocenters. The van der Waals surface area contributed by atoms with E-state index in [0.29, 0.717) is 17.0 Å². The number of rotatable bonds is 4. The summed E-state index contributed by atoms with van der Waals surface area (Å²) in [5.74, 6) is -1.32. The smallest absolute Gasteiger partial charge is 0.295 e. The molecule has 0 spiro atoms. The molecule has 0 aliphatic heterocycles. The molecule has 1 heterocycles. The summed E-state index contributed by atoms with van der Waals surface area (Å²) in [6, 6.07) is 2.96. The lowest BCUT2D eigenvalue weighted by Crippen LogP contribution is -2.20. The SMILES string of the molecule is Cc1noc(C)c1[C@@H](C)C(=O)Nc1ccc(F)cc1[N+](=O)[O-]. The quantitative estimate of drug-likeness (QED) is 0.691. The summed E-state index contributed by atoms with van der Waals surface area (Å²) in [5.41, 5.74) is 0.644. The number of hydrogen-bond acceptors (Lipinski definition) is 5. The van der Waals surface area contributed by atoms with Crippen molar-refractivity contribution in [3.8, 4) is 0 Å². The van der Waals surface area contributed by atoms with Crippen LogP contribution in [0.1, 0.15) is 29.9 Å². The van der Waals surface area contributed by atoms with Crippen LogP contribution in [0.25, 0.3) is 0 Å². The first-order chi connectivity index (χ1) is 10.3. The highest BCUT2D eigenvalue weighted by atomic mass is 19.1. The van der Waals surface area contributed by atoms with Crippen molar-refractivity contribution in [3.63, 3.8) is 0 Å². The highest BCUT2D eigenvalue weighted by Gasteiger charge is 2.25. The topological polar surface area (TPSA) is 98.3 Å². The molecular formula is C14H14FN3O4. The van der Waals surface area contributed by atoms with Crippen LogP contribution in [0.5, 0.6) is 0 Å². The zero-order valence-electron chi connectivity index (χ0n) is 12.2. The van der Waals surface area contributed by atoms with Gasteiger partial charge < -0.3 is 9.84 Å². The average Bonchev–Trinajstić information content (AvgIpc) is 2.79. The summed E-state index contributed by atoms with van der Waals surface area (Å²) in [6.45, 7) is 5.02. The Morgan fingerprint density at radius 3 is 2.68 bits per heavy atom. The zero-order chi connectivity index (χ0) is 16.4. The van der Waals surface area contributed by atoms with Gasteiger partial charge in [-0.05, 0) is 32.9 Å². The molecule has 0 aliphatic carbocycles. The number of nitrogens with one attached hydrogen (secondary N) is 1. The van der Waals surface area contributed by atoms with Crippen molar-refractivity contribution >= 4 is 17.3 Å². The molecule has 0 fully saturated rings. The van der Waals surface area contributed by atoms with E-state index < -0.39 is 28.3 Å². The molecule has 0 saturated carbocycles. The molecule has 2 aromatic rings. The number of carbonyl (C=O) groups excluding carboxylic acids is 1. The van der Waals surface area contributed by atoms with E-state index in [2.05, 4.69) is 10.5 Å². The highest BCUT2D eigenvalue weighted by Crippen LogP contribution is 2.28. The van der Waals surface area contributed by atoms with Gasteiger partial charge in [0.15, 0.2) is 0 Å². The largest absolute Gasteiger partial charge is 0.361 e. The number of nitro benzene ring substituents is 1. The average molecular weight is 307 g/mol. The second-order valence-electron chi connectivity index (χ2n) is 4.87. The first kappa shape index (κ1) is 15.6. The molecule has 1 atom stereocenters. The lowest BCUT2D eigenvalue weighted by Gasteiger charge is -2.12. The van der Waals surface area contributed by atoms with Gasteiger partial charge in [0, 0.05) is 5.56 Å². The van der Waals surface area contributed by atoms with Gasteiger partial charge in [0.25, 0.3) is 5.69 Å². The maximum Gasteiger partial charge on any atom is 0.295 e. The Kier molecular flexibility index (Phi) is 4.20. The van der Waals surface area contributed by atoms with Crippen molar-refractivity contribution in [1.29, 1.82) is 0 Å². The third-order valence-electron chi connectivity index (χ3n) is 3.33. The minimum absolute atomic E-state index is 0.0602. The monoisotopic (exact) mass is 307 g/mol. The van der Waals surface area contributed by atoms with Crippen LogP contribution in [-0.4, -0.2) is 16.0 Å². The first-order valence-electron chi connectivity index (χ1n) is 6.48. The molecule has 116 valence electrons. The first-order valence-corrected chi connectivity index (χ1v) is 6.48. The second-order valence-corrected chi connectivity index (χ2v) is 4.87. The molecule has 22 heavy (non-hydrogen) atoms. The van der Waals surface area contributed by atoms with Crippen LogP contribution in [0.4, 0.5) is 15.8 Å². The van der Waals surface area contributed by atoms with Crippen LogP contribution in [0.15, 0.2) is 22.7 Å². The predicted octanol–water partition coefficient (Wildman–Crippen LogP) is 3.08. The second kappa shape index (κ2) is 5.92. The van der Waals surface area contributed by atoms with Crippen molar-refractivity contribution in [2.75, 3.05) is 5.32 Å². The molecule has 1 aromatic carbocycles. The van der Waals surface area contributed by atoms with Gasteiger partial charge in [-0.1, -0.05) is 5.16 Å². The summed E-state index contributed by atoms with van der Waals surface area (Å²) in [5, 5.41) is 17.1. The summed E-state index contributed by atoms with van der Waals surface area (Å²) < 4.78 is 18.1. The Hall–Kier alpha value is -2.77. The number of carbonyl (C=O) groups is 1. The zero-order valence-corrected chi connectivity index (χ0v) is 12.2. The third kappa shape index (κ3) is 2.95. The Balaban J connectivity index is 2.28. The number of halogens is 1. The van der Waals surface area contributed by atoms with E-state index in [1.54, 1.807) is 20.8 Å². The van der Waals surface area contributed by atoms with E-state index in [0.717, 1.165) is 18.2 Å². The number of nitrogens with zero attached hydrogens (tertiary/aromatic N) is 2. The third-order valence-corrected chi connectivity index (χ3v) is 3.33. The Bertz CT molecular complexity index is 722. The van der Waals surface area contributed by atoms with E-state index in [9.17, 15) is 19.3 Å². The number of nitro groups is 1. The molecule has 0 aliphatic rings. The number of benzene rings is 1.